The molecule has 15 heavy (non-hydrogen) atoms. The Morgan fingerprint density at radius 1 is 1.33 bits per heavy atom. The van der Waals surface area contributed by atoms with Crippen molar-refractivity contribution in [1.29, 1.82) is 0 Å². The van der Waals surface area contributed by atoms with Gasteiger partial charge in [-0.25, -0.2) is 4.79 Å². The SMILES string of the molecule is CCCCCc1ccccc1NC(=O)O. The maximum Gasteiger partial charge on any atom is 0.409 e. The highest BCUT2D eigenvalue weighted by Gasteiger charge is 2.03. The molecule has 2 N–H and O–H groups in total. The standard InChI is InChI=1S/C12H17NO2/c1-2-3-4-7-10-8-5-6-9-11(10)13-12(14)15/h5-6,8-9,13H,2-4,7H2,1H3,(H,14,15). The zero-order valence-corrected chi connectivity index (χ0v) is 8.99. The van der Waals surface area contributed by atoms with Crippen LogP contribution in [0.2, 0.25) is 0 Å². The fourth-order valence-corrected chi connectivity index (χ4v) is 1.54. The lowest BCUT2D eigenvalue weighted by Crippen LogP contribution is -2.09. The number of hydrogen-bond donors (Lipinski definition) is 2. The van der Waals surface area contributed by atoms with Gasteiger partial charge in [0.2, 0.25) is 0 Å². The van der Waals surface area contributed by atoms with Crippen LogP contribution in [0.3, 0.4) is 0 Å². The number of rotatable bonds is 5. The number of anilines is 1. The highest BCUT2D eigenvalue weighted by Crippen LogP contribution is 2.17. The summed E-state index contributed by atoms with van der Waals surface area (Å²) in [4.78, 5) is 10.5. The van der Waals surface area contributed by atoms with Crippen molar-refractivity contribution in [2.75, 3.05) is 5.32 Å². The number of unbranched alkanes of at least 4 members (excludes halogenated alkanes) is 2. The molecule has 0 aliphatic carbocycles. The van der Waals surface area contributed by atoms with Crippen molar-refractivity contribution >= 4 is 11.8 Å². The Morgan fingerprint density at radius 2 is 2.07 bits per heavy atom. The summed E-state index contributed by atoms with van der Waals surface area (Å²) in [6.45, 7) is 2.15. The molecule has 0 bridgehead atoms. The Kier molecular flexibility index (Phi) is 4.68. The van der Waals surface area contributed by atoms with Crippen molar-refractivity contribution in [1.82, 2.24) is 0 Å². The van der Waals surface area contributed by atoms with Crippen molar-refractivity contribution in [3.05, 3.63) is 29.8 Å². The average molecular weight is 207 g/mol. The van der Waals surface area contributed by atoms with E-state index in [0.29, 0.717) is 5.69 Å². The van der Waals surface area contributed by atoms with Crippen LogP contribution in [0.5, 0.6) is 0 Å². The van der Waals surface area contributed by atoms with Gasteiger partial charge in [-0.1, -0.05) is 38.0 Å². The van der Waals surface area contributed by atoms with Crippen LogP contribution in [0.25, 0.3) is 0 Å². The second-order valence-electron chi connectivity index (χ2n) is 3.54. The van der Waals surface area contributed by atoms with Gasteiger partial charge < -0.3 is 5.11 Å². The maximum absolute atomic E-state index is 10.5. The third-order valence-corrected chi connectivity index (χ3v) is 2.31. The van der Waals surface area contributed by atoms with E-state index in [2.05, 4.69) is 12.2 Å². The molecule has 0 aliphatic rings. The first-order valence-electron chi connectivity index (χ1n) is 5.32. The summed E-state index contributed by atoms with van der Waals surface area (Å²) in [5.41, 5.74) is 1.79. The van der Waals surface area contributed by atoms with Crippen LogP contribution < -0.4 is 5.32 Å². The Labute approximate surface area is 90.1 Å². The van der Waals surface area contributed by atoms with Gasteiger partial charge >= 0.3 is 6.09 Å². The third-order valence-electron chi connectivity index (χ3n) is 2.31. The molecule has 0 fully saturated rings. The van der Waals surface area contributed by atoms with Gasteiger partial charge in [-0.15, -0.1) is 0 Å². The topological polar surface area (TPSA) is 49.3 Å². The van der Waals surface area contributed by atoms with E-state index in [1.165, 1.54) is 12.8 Å². The van der Waals surface area contributed by atoms with Gasteiger partial charge in [-0.05, 0) is 24.5 Å². The lowest BCUT2D eigenvalue weighted by molar-refractivity contribution is 0.209. The smallest absolute Gasteiger partial charge is 0.409 e. The minimum absolute atomic E-state index is 0.709. The minimum atomic E-state index is -1.00. The predicted octanol–water partition coefficient (Wildman–Crippen LogP) is 3.51. The van der Waals surface area contributed by atoms with E-state index in [1.54, 1.807) is 6.07 Å². The quantitative estimate of drug-likeness (QED) is 0.726. The molecule has 0 saturated carbocycles. The summed E-state index contributed by atoms with van der Waals surface area (Å²) in [7, 11) is 0. The summed E-state index contributed by atoms with van der Waals surface area (Å²) in [5, 5.41) is 11.1. The zero-order chi connectivity index (χ0) is 11.1. The lowest BCUT2D eigenvalue weighted by Gasteiger charge is -2.08. The first-order valence-corrected chi connectivity index (χ1v) is 5.32. The summed E-state index contributed by atoms with van der Waals surface area (Å²) >= 11 is 0. The van der Waals surface area contributed by atoms with Gasteiger partial charge in [0.05, 0.1) is 0 Å². The molecular weight excluding hydrogens is 190 g/mol. The van der Waals surface area contributed by atoms with Crippen LogP contribution in [-0.2, 0) is 6.42 Å². The summed E-state index contributed by atoms with van der Waals surface area (Å²) < 4.78 is 0. The molecule has 0 unspecified atom stereocenters. The largest absolute Gasteiger partial charge is 0.465 e. The van der Waals surface area contributed by atoms with E-state index in [0.717, 1.165) is 18.4 Å². The second kappa shape index (κ2) is 6.06. The van der Waals surface area contributed by atoms with Crippen LogP contribution >= 0.6 is 0 Å². The van der Waals surface area contributed by atoms with Gasteiger partial charge in [0.1, 0.15) is 0 Å². The van der Waals surface area contributed by atoms with Crippen LogP contribution in [-0.4, -0.2) is 11.2 Å². The van der Waals surface area contributed by atoms with Crippen molar-refractivity contribution < 1.29 is 9.90 Å². The van der Waals surface area contributed by atoms with E-state index in [9.17, 15) is 4.79 Å². The highest BCUT2D eigenvalue weighted by atomic mass is 16.4. The van der Waals surface area contributed by atoms with Crippen LogP contribution in [0.4, 0.5) is 10.5 Å². The molecule has 0 heterocycles. The van der Waals surface area contributed by atoms with Crippen molar-refractivity contribution in [3.8, 4) is 0 Å². The first-order chi connectivity index (χ1) is 7.24. The van der Waals surface area contributed by atoms with Crippen molar-refractivity contribution in [2.45, 2.75) is 32.6 Å². The number of amides is 1. The fraction of sp³-hybridized carbons (Fsp3) is 0.417. The summed E-state index contributed by atoms with van der Waals surface area (Å²) in [6.07, 6.45) is 3.40. The molecule has 0 radical (unpaired) electrons. The number of para-hydroxylation sites is 1. The molecule has 0 saturated heterocycles. The Morgan fingerprint density at radius 3 is 2.73 bits per heavy atom. The molecule has 3 heteroatoms. The molecule has 0 atom stereocenters. The molecule has 0 spiro atoms. The third kappa shape index (κ3) is 4.02. The molecule has 82 valence electrons. The Balaban J connectivity index is 2.64. The predicted molar refractivity (Wildman–Crippen MR) is 61.3 cm³/mol. The minimum Gasteiger partial charge on any atom is -0.465 e. The Hall–Kier alpha value is -1.51. The number of carbonyl (C=O) groups is 1. The molecule has 1 aromatic rings. The highest BCUT2D eigenvalue weighted by molar-refractivity contribution is 5.83. The van der Waals surface area contributed by atoms with Gasteiger partial charge in [0.25, 0.3) is 0 Å². The Bertz CT molecular complexity index is 323. The number of aryl methyl sites for hydroxylation is 1. The zero-order valence-electron chi connectivity index (χ0n) is 8.99. The molecular formula is C12H17NO2. The number of hydrogen-bond acceptors (Lipinski definition) is 1. The maximum atomic E-state index is 10.5. The van der Waals surface area contributed by atoms with Crippen molar-refractivity contribution in [2.24, 2.45) is 0 Å². The van der Waals surface area contributed by atoms with Crippen molar-refractivity contribution in [3.63, 3.8) is 0 Å². The van der Waals surface area contributed by atoms with Gasteiger partial charge in [-0.3, -0.25) is 5.32 Å². The van der Waals surface area contributed by atoms with Crippen LogP contribution in [0.15, 0.2) is 24.3 Å². The monoisotopic (exact) mass is 207 g/mol. The molecule has 0 aliphatic heterocycles. The van der Waals surface area contributed by atoms with Crippen LogP contribution in [0, 0.1) is 0 Å². The van der Waals surface area contributed by atoms with Gasteiger partial charge in [0.15, 0.2) is 0 Å². The number of carboxylic acid groups (broad SMARTS) is 1. The molecule has 1 aromatic carbocycles. The number of benzene rings is 1. The normalized spacial score (nSPS) is 9.93. The summed E-state index contributed by atoms with van der Waals surface area (Å²) in [6, 6.07) is 7.55. The summed E-state index contributed by atoms with van der Waals surface area (Å²) in [5.74, 6) is 0. The fourth-order valence-electron chi connectivity index (χ4n) is 1.54. The first kappa shape index (κ1) is 11.6. The van der Waals surface area contributed by atoms with E-state index in [-0.39, 0.29) is 0 Å². The van der Waals surface area contributed by atoms with E-state index < -0.39 is 6.09 Å². The second-order valence-corrected chi connectivity index (χ2v) is 3.54. The molecule has 1 rings (SSSR count). The van der Waals surface area contributed by atoms with Crippen LogP contribution in [0.1, 0.15) is 31.7 Å². The molecule has 1 amide bonds. The van der Waals surface area contributed by atoms with E-state index >= 15 is 0 Å². The van der Waals surface area contributed by atoms with E-state index in [1.807, 2.05) is 18.2 Å². The molecule has 0 aromatic heterocycles. The van der Waals surface area contributed by atoms with Gasteiger partial charge in [-0.2, -0.15) is 0 Å². The van der Waals surface area contributed by atoms with Gasteiger partial charge in [0, 0.05) is 5.69 Å². The van der Waals surface area contributed by atoms with E-state index in [4.69, 9.17) is 5.11 Å². The molecule has 3 nitrogen and oxygen atoms in total. The average Bonchev–Trinajstić information content (AvgIpc) is 2.20. The number of nitrogens with one attached hydrogen (secondary N) is 1. The lowest BCUT2D eigenvalue weighted by atomic mass is 10.1.